The van der Waals surface area contributed by atoms with E-state index in [0.717, 1.165) is 19.4 Å². The van der Waals surface area contributed by atoms with Crippen molar-refractivity contribution in [3.63, 3.8) is 0 Å². The number of rotatable bonds is 3. The predicted molar refractivity (Wildman–Crippen MR) is 59.7 cm³/mol. The summed E-state index contributed by atoms with van der Waals surface area (Å²) in [5, 5.41) is 3.05. The Balaban J connectivity index is 1.52. The van der Waals surface area contributed by atoms with Crippen molar-refractivity contribution < 1.29 is 9.53 Å². The molecule has 1 aliphatic heterocycles. The number of amides is 1. The molecular weight excluding hydrogens is 204 g/mol. The molecule has 3 fully saturated rings. The lowest BCUT2D eigenvalue weighted by Gasteiger charge is -2.52. The van der Waals surface area contributed by atoms with Gasteiger partial charge in [0.2, 0.25) is 5.91 Å². The van der Waals surface area contributed by atoms with Crippen molar-refractivity contribution >= 4 is 5.91 Å². The number of carbonyl (C=O) groups is 1. The van der Waals surface area contributed by atoms with Crippen LogP contribution in [0.1, 0.15) is 32.1 Å². The van der Waals surface area contributed by atoms with E-state index in [1.807, 2.05) is 0 Å². The van der Waals surface area contributed by atoms with Gasteiger partial charge < -0.3 is 15.8 Å². The molecule has 0 spiro atoms. The van der Waals surface area contributed by atoms with Gasteiger partial charge in [0.05, 0.1) is 12.1 Å². The highest BCUT2D eigenvalue weighted by Gasteiger charge is 2.51. The first-order chi connectivity index (χ1) is 7.75. The van der Waals surface area contributed by atoms with Gasteiger partial charge >= 0.3 is 0 Å². The molecule has 2 saturated carbocycles. The van der Waals surface area contributed by atoms with Crippen molar-refractivity contribution in [3.05, 3.63) is 0 Å². The fraction of sp³-hybridized carbons (Fsp3) is 0.917. The molecule has 90 valence electrons. The van der Waals surface area contributed by atoms with Gasteiger partial charge in [-0.2, -0.15) is 0 Å². The maximum atomic E-state index is 11.7. The van der Waals surface area contributed by atoms with E-state index >= 15 is 0 Å². The zero-order chi connectivity index (χ0) is 11.1. The molecule has 0 radical (unpaired) electrons. The molecule has 3 N–H and O–H groups in total. The highest BCUT2D eigenvalue weighted by Crippen LogP contribution is 2.37. The second kappa shape index (κ2) is 4.00. The van der Waals surface area contributed by atoms with E-state index in [1.165, 1.54) is 12.8 Å². The Bertz CT molecular complexity index is 291. The predicted octanol–water partition coefficient (Wildman–Crippen LogP) is 0.407. The molecule has 3 rings (SSSR count). The largest absolute Gasteiger partial charge is 0.376 e. The molecule has 16 heavy (non-hydrogen) atoms. The Kier molecular flexibility index (Phi) is 2.64. The Hall–Kier alpha value is -0.610. The lowest BCUT2D eigenvalue weighted by atomic mass is 9.68. The SMILES string of the molecule is NC1C2CCCOC2C1NC(=O)CC1CC1. The summed E-state index contributed by atoms with van der Waals surface area (Å²) in [6, 6.07) is 0.171. The summed E-state index contributed by atoms with van der Waals surface area (Å²) in [5.74, 6) is 1.27. The van der Waals surface area contributed by atoms with Crippen LogP contribution in [0.4, 0.5) is 0 Å². The summed E-state index contributed by atoms with van der Waals surface area (Å²) in [4.78, 5) is 11.7. The van der Waals surface area contributed by atoms with Crippen LogP contribution in [0.5, 0.6) is 0 Å². The number of nitrogens with two attached hydrogens (primary N) is 1. The highest BCUT2D eigenvalue weighted by molar-refractivity contribution is 5.77. The van der Waals surface area contributed by atoms with Crippen LogP contribution in [0.25, 0.3) is 0 Å². The van der Waals surface area contributed by atoms with Gasteiger partial charge in [0.1, 0.15) is 0 Å². The van der Waals surface area contributed by atoms with Gasteiger partial charge in [-0.15, -0.1) is 0 Å². The third-order valence-electron chi connectivity index (χ3n) is 4.18. The molecule has 4 nitrogen and oxygen atoms in total. The van der Waals surface area contributed by atoms with Crippen LogP contribution < -0.4 is 11.1 Å². The number of carbonyl (C=O) groups excluding carboxylic acids is 1. The Morgan fingerprint density at radius 2 is 2.19 bits per heavy atom. The number of hydrogen-bond acceptors (Lipinski definition) is 3. The summed E-state index contributed by atoms with van der Waals surface area (Å²) in [6.45, 7) is 0.822. The topological polar surface area (TPSA) is 64.3 Å². The van der Waals surface area contributed by atoms with E-state index in [4.69, 9.17) is 10.5 Å². The average molecular weight is 224 g/mol. The second-order valence-electron chi connectivity index (χ2n) is 5.46. The zero-order valence-electron chi connectivity index (χ0n) is 9.52. The van der Waals surface area contributed by atoms with E-state index in [9.17, 15) is 4.79 Å². The summed E-state index contributed by atoms with van der Waals surface area (Å²) < 4.78 is 5.69. The number of ether oxygens (including phenoxy) is 1. The smallest absolute Gasteiger partial charge is 0.220 e. The van der Waals surface area contributed by atoms with Crippen molar-refractivity contribution in [2.75, 3.05) is 6.61 Å². The first-order valence-electron chi connectivity index (χ1n) is 6.42. The highest BCUT2D eigenvalue weighted by atomic mass is 16.5. The van der Waals surface area contributed by atoms with Gasteiger partial charge in [0, 0.05) is 25.0 Å². The van der Waals surface area contributed by atoms with Crippen LogP contribution in [-0.4, -0.2) is 30.7 Å². The van der Waals surface area contributed by atoms with Crippen molar-refractivity contribution in [1.82, 2.24) is 5.32 Å². The van der Waals surface area contributed by atoms with Gasteiger partial charge in [0.25, 0.3) is 0 Å². The number of nitrogens with one attached hydrogen (secondary N) is 1. The molecule has 0 aromatic rings. The third kappa shape index (κ3) is 1.84. The maximum absolute atomic E-state index is 11.7. The fourth-order valence-corrected chi connectivity index (χ4v) is 2.95. The lowest BCUT2D eigenvalue weighted by molar-refractivity contribution is -0.139. The minimum absolute atomic E-state index is 0.0662. The van der Waals surface area contributed by atoms with E-state index in [0.29, 0.717) is 18.3 Å². The molecule has 4 unspecified atom stereocenters. The van der Waals surface area contributed by atoms with Crippen LogP contribution in [-0.2, 0) is 9.53 Å². The summed E-state index contributed by atoms with van der Waals surface area (Å²) in [5.41, 5.74) is 6.08. The minimum Gasteiger partial charge on any atom is -0.376 e. The Morgan fingerprint density at radius 1 is 1.38 bits per heavy atom. The number of fused-ring (bicyclic) bond motifs is 1. The third-order valence-corrected chi connectivity index (χ3v) is 4.18. The minimum atomic E-state index is 0.0662. The van der Waals surface area contributed by atoms with Crippen LogP contribution in [0.15, 0.2) is 0 Å². The standard InChI is InChI=1S/C12H20N2O2/c13-10-8-2-1-5-16-12(8)11(10)14-9(15)6-7-3-4-7/h7-8,10-12H,1-6,13H2,(H,14,15). The van der Waals surface area contributed by atoms with Crippen LogP contribution in [0.2, 0.25) is 0 Å². The normalized spacial score (nSPS) is 42.1. The second-order valence-corrected chi connectivity index (χ2v) is 5.46. The van der Waals surface area contributed by atoms with Crippen molar-refractivity contribution in [2.45, 2.75) is 50.3 Å². The summed E-state index contributed by atoms with van der Waals surface area (Å²) in [6.07, 6.45) is 5.56. The first-order valence-corrected chi connectivity index (χ1v) is 6.42. The molecule has 0 aromatic carbocycles. The number of hydrogen-bond donors (Lipinski definition) is 2. The zero-order valence-corrected chi connectivity index (χ0v) is 9.52. The summed E-state index contributed by atoms with van der Waals surface area (Å²) in [7, 11) is 0. The van der Waals surface area contributed by atoms with Gasteiger partial charge in [-0.1, -0.05) is 0 Å². The molecule has 0 bridgehead atoms. The molecule has 4 atom stereocenters. The quantitative estimate of drug-likeness (QED) is 0.729. The van der Waals surface area contributed by atoms with Gasteiger partial charge in [-0.3, -0.25) is 4.79 Å². The van der Waals surface area contributed by atoms with Crippen molar-refractivity contribution in [2.24, 2.45) is 17.6 Å². The maximum Gasteiger partial charge on any atom is 0.220 e. The van der Waals surface area contributed by atoms with Crippen LogP contribution in [0, 0.1) is 11.8 Å². The lowest BCUT2D eigenvalue weighted by Crippen LogP contribution is -2.72. The Labute approximate surface area is 95.9 Å². The molecule has 2 aliphatic carbocycles. The van der Waals surface area contributed by atoms with Crippen LogP contribution in [0.3, 0.4) is 0 Å². The Morgan fingerprint density at radius 3 is 2.94 bits per heavy atom. The van der Waals surface area contributed by atoms with E-state index < -0.39 is 0 Å². The molecular formula is C12H20N2O2. The molecule has 0 aromatic heterocycles. The molecule has 3 aliphatic rings. The van der Waals surface area contributed by atoms with E-state index in [2.05, 4.69) is 5.32 Å². The molecule has 1 heterocycles. The van der Waals surface area contributed by atoms with Crippen LogP contribution >= 0.6 is 0 Å². The van der Waals surface area contributed by atoms with Gasteiger partial charge in [-0.25, -0.2) is 0 Å². The van der Waals surface area contributed by atoms with Gasteiger partial charge in [-0.05, 0) is 31.6 Å². The molecule has 4 heteroatoms. The van der Waals surface area contributed by atoms with E-state index in [1.54, 1.807) is 0 Å². The average Bonchev–Trinajstić information content (AvgIpc) is 3.09. The molecule has 1 amide bonds. The first kappa shape index (κ1) is 10.5. The van der Waals surface area contributed by atoms with Gasteiger partial charge in [0.15, 0.2) is 0 Å². The van der Waals surface area contributed by atoms with Crippen molar-refractivity contribution in [1.29, 1.82) is 0 Å². The summed E-state index contributed by atoms with van der Waals surface area (Å²) >= 11 is 0. The molecule has 1 saturated heterocycles. The van der Waals surface area contributed by atoms with E-state index in [-0.39, 0.29) is 24.1 Å². The van der Waals surface area contributed by atoms with Crippen molar-refractivity contribution in [3.8, 4) is 0 Å². The fourth-order valence-electron chi connectivity index (χ4n) is 2.95. The monoisotopic (exact) mass is 224 g/mol.